The first kappa shape index (κ1) is 26.2. The highest BCUT2D eigenvalue weighted by molar-refractivity contribution is 7.88. The SMILES string of the molecule is Cc1ccc(OCC2CCN2C)cc1C(=O)NC1(c2cc(OS(=O)(=O)C(F)(F)F)cc3ncccc23)CC1. The van der Waals surface area contributed by atoms with Crippen molar-refractivity contribution in [3.63, 3.8) is 0 Å². The number of nitrogens with zero attached hydrogens (tertiary/aromatic N) is 2. The standard InChI is InChI=1S/C26H26F3N3O5S/c1-16-5-6-18(36-15-17-7-11-32(17)2)12-21(16)24(33)31-25(8-9-25)22-13-19(37-38(34,35)26(27,28)29)14-23-20(22)4-3-10-30-23/h3-6,10,12-14,17H,7-9,11,15H2,1-2H3,(H,31,33). The molecule has 202 valence electrons. The number of hydrogen-bond acceptors (Lipinski definition) is 7. The van der Waals surface area contributed by atoms with Gasteiger partial charge in [0.25, 0.3) is 5.91 Å². The van der Waals surface area contributed by atoms with E-state index in [4.69, 9.17) is 4.74 Å². The van der Waals surface area contributed by atoms with Crippen molar-refractivity contribution in [1.29, 1.82) is 0 Å². The Bertz CT molecular complexity index is 1510. The molecule has 1 saturated carbocycles. The summed E-state index contributed by atoms with van der Waals surface area (Å²) < 4.78 is 72.5. The van der Waals surface area contributed by atoms with Crippen molar-refractivity contribution in [1.82, 2.24) is 15.2 Å². The molecule has 3 aromatic rings. The second-order valence-electron chi connectivity index (χ2n) is 9.77. The molecule has 2 aromatic carbocycles. The zero-order chi connectivity index (χ0) is 27.3. The minimum absolute atomic E-state index is 0.241. The molecule has 1 N–H and O–H groups in total. The Labute approximate surface area is 217 Å². The van der Waals surface area contributed by atoms with Gasteiger partial charge in [0.15, 0.2) is 0 Å². The predicted molar refractivity (Wildman–Crippen MR) is 133 cm³/mol. The molecule has 0 bridgehead atoms. The first-order valence-corrected chi connectivity index (χ1v) is 13.5. The number of fused-ring (bicyclic) bond motifs is 1. The van der Waals surface area contributed by atoms with Gasteiger partial charge in [-0.05, 0) is 75.2 Å². The molecule has 8 nitrogen and oxygen atoms in total. The number of carbonyl (C=O) groups excluding carboxylic acids is 1. The van der Waals surface area contributed by atoms with E-state index in [0.717, 1.165) is 24.6 Å². The zero-order valence-corrected chi connectivity index (χ0v) is 21.5. The number of alkyl halides is 3. The van der Waals surface area contributed by atoms with E-state index < -0.39 is 26.9 Å². The van der Waals surface area contributed by atoms with E-state index in [9.17, 15) is 26.4 Å². The third-order valence-corrected chi connectivity index (χ3v) is 8.12. The van der Waals surface area contributed by atoms with Crippen molar-refractivity contribution in [2.45, 2.75) is 43.3 Å². The maximum atomic E-state index is 13.4. The molecule has 12 heteroatoms. The molecule has 1 aliphatic carbocycles. The summed E-state index contributed by atoms with van der Waals surface area (Å²) in [5, 5.41) is 3.59. The van der Waals surface area contributed by atoms with Crippen molar-refractivity contribution >= 4 is 26.9 Å². The van der Waals surface area contributed by atoms with Gasteiger partial charge >= 0.3 is 15.6 Å². The van der Waals surface area contributed by atoms with Gasteiger partial charge in [0.2, 0.25) is 0 Å². The second-order valence-corrected chi connectivity index (χ2v) is 11.3. The van der Waals surface area contributed by atoms with Crippen LogP contribution in [-0.2, 0) is 15.7 Å². The molecule has 2 aliphatic rings. The lowest BCUT2D eigenvalue weighted by Gasteiger charge is -2.37. The van der Waals surface area contributed by atoms with Gasteiger partial charge in [0.1, 0.15) is 18.1 Å². The Morgan fingerprint density at radius 2 is 1.95 bits per heavy atom. The van der Waals surface area contributed by atoms with Crippen LogP contribution in [0.5, 0.6) is 11.5 Å². The number of amides is 1. The van der Waals surface area contributed by atoms with Crippen molar-refractivity contribution < 1.29 is 35.3 Å². The summed E-state index contributed by atoms with van der Waals surface area (Å²) in [5.74, 6) is -0.345. The summed E-state index contributed by atoms with van der Waals surface area (Å²) >= 11 is 0. The van der Waals surface area contributed by atoms with Crippen LogP contribution >= 0.6 is 0 Å². The number of benzene rings is 2. The van der Waals surface area contributed by atoms with Gasteiger partial charge in [-0.15, -0.1) is 0 Å². The first-order chi connectivity index (χ1) is 17.9. The summed E-state index contributed by atoms with van der Waals surface area (Å²) in [6, 6.07) is 11.3. The lowest BCUT2D eigenvalue weighted by atomic mass is 9.97. The average Bonchev–Trinajstić information content (AvgIpc) is 3.63. The van der Waals surface area contributed by atoms with Gasteiger partial charge in [-0.25, -0.2) is 0 Å². The molecular weight excluding hydrogens is 523 g/mol. The lowest BCUT2D eigenvalue weighted by Crippen LogP contribution is -2.48. The minimum atomic E-state index is -5.88. The highest BCUT2D eigenvalue weighted by Crippen LogP contribution is 2.49. The fraction of sp³-hybridized carbons (Fsp3) is 0.385. The quantitative estimate of drug-likeness (QED) is 0.331. The summed E-state index contributed by atoms with van der Waals surface area (Å²) in [6.45, 7) is 3.33. The number of halogens is 3. The molecule has 0 radical (unpaired) electrons. The highest BCUT2D eigenvalue weighted by atomic mass is 32.2. The van der Waals surface area contributed by atoms with Crippen LogP contribution in [0.1, 0.15) is 40.7 Å². The molecule has 1 aliphatic heterocycles. The molecule has 38 heavy (non-hydrogen) atoms. The molecule has 1 amide bonds. The van der Waals surface area contributed by atoms with Gasteiger partial charge < -0.3 is 14.2 Å². The molecule has 1 unspecified atom stereocenters. The Morgan fingerprint density at radius 1 is 1.18 bits per heavy atom. The maximum absolute atomic E-state index is 13.4. The number of ether oxygens (including phenoxy) is 1. The van der Waals surface area contributed by atoms with Gasteiger partial charge in [-0.3, -0.25) is 14.7 Å². The molecule has 0 spiro atoms. The zero-order valence-electron chi connectivity index (χ0n) is 20.7. The Hall–Kier alpha value is -3.38. The fourth-order valence-corrected chi connectivity index (χ4v) is 5.00. The van der Waals surface area contributed by atoms with Crippen LogP contribution in [-0.4, -0.2) is 56.0 Å². The topological polar surface area (TPSA) is 97.8 Å². The number of hydrogen-bond donors (Lipinski definition) is 1. The van der Waals surface area contributed by atoms with E-state index >= 15 is 0 Å². The summed E-state index contributed by atoms with van der Waals surface area (Å²) in [4.78, 5) is 19.8. The van der Waals surface area contributed by atoms with Gasteiger partial charge in [0, 0.05) is 29.3 Å². The molecule has 2 heterocycles. The number of rotatable bonds is 8. The monoisotopic (exact) mass is 549 g/mol. The van der Waals surface area contributed by atoms with E-state index in [0.29, 0.717) is 47.8 Å². The summed E-state index contributed by atoms with van der Waals surface area (Å²) in [5.41, 5.74) is -4.70. The van der Waals surface area contributed by atoms with Crippen molar-refractivity contribution in [2.24, 2.45) is 0 Å². The average molecular weight is 550 g/mol. The minimum Gasteiger partial charge on any atom is -0.492 e. The molecule has 1 atom stereocenters. The van der Waals surface area contributed by atoms with Gasteiger partial charge in [-0.2, -0.15) is 21.6 Å². The normalized spacial score (nSPS) is 19.0. The second kappa shape index (κ2) is 9.42. The molecule has 5 rings (SSSR count). The molecule has 2 fully saturated rings. The number of carbonyl (C=O) groups is 1. The maximum Gasteiger partial charge on any atom is 0.534 e. The van der Waals surface area contributed by atoms with Crippen LogP contribution in [0.2, 0.25) is 0 Å². The van der Waals surface area contributed by atoms with Crippen LogP contribution in [0.3, 0.4) is 0 Å². The van der Waals surface area contributed by atoms with Crippen LogP contribution in [0.15, 0.2) is 48.7 Å². The molecular formula is C26H26F3N3O5S. The Balaban J connectivity index is 1.43. The number of pyridine rings is 1. The number of aromatic nitrogens is 1. The number of likely N-dealkylation sites (tertiary alicyclic amines) is 1. The number of likely N-dealkylation sites (N-methyl/N-ethyl adjacent to an activating group) is 1. The van der Waals surface area contributed by atoms with Crippen molar-refractivity contribution in [3.8, 4) is 11.5 Å². The molecule has 1 aromatic heterocycles. The fourth-order valence-electron chi connectivity index (χ4n) is 4.55. The third kappa shape index (κ3) is 5.02. The van der Waals surface area contributed by atoms with Crippen LogP contribution < -0.4 is 14.2 Å². The van der Waals surface area contributed by atoms with Crippen LogP contribution in [0.4, 0.5) is 13.2 Å². The van der Waals surface area contributed by atoms with Crippen LogP contribution in [0, 0.1) is 6.92 Å². The number of aryl methyl sites for hydroxylation is 1. The Morgan fingerprint density at radius 3 is 2.58 bits per heavy atom. The van der Waals surface area contributed by atoms with E-state index in [-0.39, 0.29) is 11.4 Å². The van der Waals surface area contributed by atoms with Crippen LogP contribution in [0.25, 0.3) is 10.9 Å². The summed E-state index contributed by atoms with van der Waals surface area (Å²) in [6.07, 6.45) is 3.49. The van der Waals surface area contributed by atoms with Crippen molar-refractivity contribution in [3.05, 3.63) is 65.4 Å². The van der Waals surface area contributed by atoms with Gasteiger partial charge in [-0.1, -0.05) is 12.1 Å². The van der Waals surface area contributed by atoms with Crippen molar-refractivity contribution in [2.75, 3.05) is 20.2 Å². The smallest absolute Gasteiger partial charge is 0.492 e. The van der Waals surface area contributed by atoms with E-state index in [2.05, 4.69) is 19.4 Å². The molecule has 1 saturated heterocycles. The third-order valence-electron chi connectivity index (χ3n) is 7.14. The highest BCUT2D eigenvalue weighted by Gasteiger charge is 2.50. The van der Waals surface area contributed by atoms with E-state index in [1.807, 2.05) is 7.05 Å². The number of nitrogens with one attached hydrogen (secondary N) is 1. The predicted octanol–water partition coefficient (Wildman–Crippen LogP) is 4.27. The summed E-state index contributed by atoms with van der Waals surface area (Å²) in [7, 11) is -3.86. The van der Waals surface area contributed by atoms with E-state index in [1.165, 1.54) is 12.3 Å². The first-order valence-electron chi connectivity index (χ1n) is 12.0. The lowest BCUT2D eigenvalue weighted by molar-refractivity contribution is -0.0500. The largest absolute Gasteiger partial charge is 0.534 e. The Kier molecular flexibility index (Phi) is 6.50. The van der Waals surface area contributed by atoms with E-state index in [1.54, 1.807) is 37.3 Å². The van der Waals surface area contributed by atoms with Gasteiger partial charge in [0.05, 0.1) is 11.1 Å².